The molecule has 4 nitrogen and oxygen atoms in total. The van der Waals surface area contributed by atoms with E-state index in [9.17, 15) is 9.59 Å². The molecule has 0 aliphatic heterocycles. The minimum absolute atomic E-state index is 0.0354. The highest BCUT2D eigenvalue weighted by Crippen LogP contribution is 2.04. The first kappa shape index (κ1) is 13.3. The van der Waals surface area contributed by atoms with Crippen molar-refractivity contribution < 1.29 is 14.3 Å². The van der Waals surface area contributed by atoms with E-state index in [1.54, 1.807) is 0 Å². The average Bonchev–Trinajstić information content (AvgIpc) is 2.13. The van der Waals surface area contributed by atoms with Crippen molar-refractivity contribution in [1.82, 2.24) is 5.32 Å². The molecule has 1 unspecified atom stereocenters. The summed E-state index contributed by atoms with van der Waals surface area (Å²) in [5, 5.41) is 2.63. The number of hydrogen-bond acceptors (Lipinski definition) is 4. The Morgan fingerprint density at radius 1 is 1.43 bits per heavy atom. The molecule has 0 aliphatic carbocycles. The van der Waals surface area contributed by atoms with E-state index >= 15 is 0 Å². The maximum Gasteiger partial charge on any atom is 0.328 e. The van der Waals surface area contributed by atoms with Crippen LogP contribution in [-0.4, -0.2) is 37.0 Å². The van der Waals surface area contributed by atoms with Gasteiger partial charge in [-0.3, -0.25) is 4.79 Å². The van der Waals surface area contributed by atoms with Crippen LogP contribution in [0.5, 0.6) is 0 Å². The number of methoxy groups -OCH3 is 1. The van der Waals surface area contributed by atoms with E-state index in [1.807, 2.05) is 20.1 Å². The van der Waals surface area contributed by atoms with Gasteiger partial charge in [0.1, 0.15) is 6.04 Å². The van der Waals surface area contributed by atoms with Crippen LogP contribution in [0.4, 0.5) is 0 Å². The lowest BCUT2D eigenvalue weighted by Gasteiger charge is -2.19. The Labute approximate surface area is 88.8 Å². The van der Waals surface area contributed by atoms with Crippen molar-refractivity contribution in [2.45, 2.75) is 19.9 Å². The molecule has 0 spiro atoms. The molecule has 82 valence electrons. The third kappa shape index (κ3) is 4.50. The van der Waals surface area contributed by atoms with Gasteiger partial charge < -0.3 is 10.1 Å². The highest BCUT2D eigenvalue weighted by Gasteiger charge is 2.24. The summed E-state index contributed by atoms with van der Waals surface area (Å²) in [5.41, 5.74) is 0. The SMILES string of the molecule is COC(=O)C(NC(=O)CSC)C(C)C. The summed E-state index contributed by atoms with van der Waals surface area (Å²) in [6.07, 6.45) is 1.84. The molecule has 0 bridgehead atoms. The number of carbonyl (C=O) groups excluding carboxylic acids is 2. The lowest BCUT2D eigenvalue weighted by molar-refractivity contribution is -0.146. The molecular weight excluding hydrogens is 202 g/mol. The van der Waals surface area contributed by atoms with Crippen molar-refractivity contribution in [3.8, 4) is 0 Å². The Bertz CT molecular complexity index is 206. The minimum atomic E-state index is -0.542. The average molecular weight is 219 g/mol. The Balaban J connectivity index is 4.23. The summed E-state index contributed by atoms with van der Waals surface area (Å²) in [7, 11) is 1.32. The number of hydrogen-bond donors (Lipinski definition) is 1. The Kier molecular flexibility index (Phi) is 6.36. The molecule has 0 saturated carbocycles. The third-order valence-corrected chi connectivity index (χ3v) is 2.26. The number of amides is 1. The molecule has 0 aromatic rings. The first-order valence-corrected chi connectivity index (χ1v) is 5.78. The van der Waals surface area contributed by atoms with Gasteiger partial charge in [-0.05, 0) is 12.2 Å². The normalized spacial score (nSPS) is 12.4. The summed E-state index contributed by atoms with van der Waals surface area (Å²) < 4.78 is 4.59. The molecular formula is C9H17NO3S. The van der Waals surface area contributed by atoms with E-state index in [0.717, 1.165) is 0 Å². The van der Waals surface area contributed by atoms with Gasteiger partial charge in [0.2, 0.25) is 5.91 Å². The standard InChI is InChI=1S/C9H17NO3S/c1-6(2)8(9(12)13-3)10-7(11)5-14-4/h6,8H,5H2,1-4H3,(H,10,11). The van der Waals surface area contributed by atoms with Crippen LogP contribution in [0.25, 0.3) is 0 Å². The maximum absolute atomic E-state index is 11.2. The molecule has 5 heteroatoms. The molecule has 1 amide bonds. The second-order valence-corrected chi connectivity index (χ2v) is 4.11. The zero-order chi connectivity index (χ0) is 11.1. The van der Waals surface area contributed by atoms with Crippen LogP contribution in [0.2, 0.25) is 0 Å². The molecule has 0 heterocycles. The third-order valence-electron chi connectivity index (χ3n) is 1.71. The van der Waals surface area contributed by atoms with E-state index in [-0.39, 0.29) is 11.8 Å². The largest absolute Gasteiger partial charge is 0.467 e. The Hall–Kier alpha value is -0.710. The van der Waals surface area contributed by atoms with E-state index in [4.69, 9.17) is 0 Å². The van der Waals surface area contributed by atoms with E-state index in [1.165, 1.54) is 18.9 Å². The predicted molar refractivity (Wildman–Crippen MR) is 57.2 cm³/mol. The molecule has 0 rings (SSSR count). The van der Waals surface area contributed by atoms with Crippen LogP contribution in [0.15, 0.2) is 0 Å². The monoisotopic (exact) mass is 219 g/mol. The minimum Gasteiger partial charge on any atom is -0.467 e. The molecule has 0 aliphatic rings. The van der Waals surface area contributed by atoms with Gasteiger partial charge in [0.15, 0.2) is 0 Å². The topological polar surface area (TPSA) is 55.4 Å². The molecule has 14 heavy (non-hydrogen) atoms. The number of carbonyl (C=O) groups is 2. The van der Waals surface area contributed by atoms with Crippen molar-refractivity contribution in [2.75, 3.05) is 19.1 Å². The molecule has 1 atom stereocenters. The van der Waals surface area contributed by atoms with Gasteiger partial charge in [-0.15, -0.1) is 0 Å². The summed E-state index contributed by atoms with van der Waals surface area (Å²) in [5.74, 6) is -0.135. The van der Waals surface area contributed by atoms with Crippen molar-refractivity contribution in [3.05, 3.63) is 0 Å². The quantitative estimate of drug-likeness (QED) is 0.690. The van der Waals surface area contributed by atoms with Crippen molar-refractivity contribution in [1.29, 1.82) is 0 Å². The Morgan fingerprint density at radius 3 is 2.36 bits per heavy atom. The molecule has 0 aromatic carbocycles. The van der Waals surface area contributed by atoms with Crippen LogP contribution >= 0.6 is 11.8 Å². The number of nitrogens with one attached hydrogen (secondary N) is 1. The highest BCUT2D eigenvalue weighted by atomic mass is 32.2. The fourth-order valence-corrected chi connectivity index (χ4v) is 1.32. The summed E-state index contributed by atoms with van der Waals surface area (Å²) in [6.45, 7) is 3.72. The van der Waals surface area contributed by atoms with Crippen molar-refractivity contribution in [2.24, 2.45) is 5.92 Å². The fraction of sp³-hybridized carbons (Fsp3) is 0.778. The van der Waals surface area contributed by atoms with E-state index < -0.39 is 12.0 Å². The van der Waals surface area contributed by atoms with Gasteiger partial charge in [0.05, 0.1) is 12.9 Å². The van der Waals surface area contributed by atoms with Gasteiger partial charge >= 0.3 is 5.97 Å². The van der Waals surface area contributed by atoms with Crippen molar-refractivity contribution >= 4 is 23.6 Å². The van der Waals surface area contributed by atoms with Crippen LogP contribution in [0.3, 0.4) is 0 Å². The zero-order valence-electron chi connectivity index (χ0n) is 8.99. The van der Waals surface area contributed by atoms with Gasteiger partial charge in [0.25, 0.3) is 0 Å². The summed E-state index contributed by atoms with van der Waals surface area (Å²) in [6, 6.07) is -0.542. The second kappa shape index (κ2) is 6.70. The van der Waals surface area contributed by atoms with Crippen LogP contribution in [0.1, 0.15) is 13.8 Å². The second-order valence-electron chi connectivity index (χ2n) is 3.25. The number of thioether (sulfide) groups is 1. The van der Waals surface area contributed by atoms with Crippen LogP contribution < -0.4 is 5.32 Å². The number of ether oxygens (including phenoxy) is 1. The van der Waals surface area contributed by atoms with Crippen LogP contribution in [0, 0.1) is 5.92 Å². The number of esters is 1. The van der Waals surface area contributed by atoms with Crippen molar-refractivity contribution in [3.63, 3.8) is 0 Å². The molecule has 0 fully saturated rings. The maximum atomic E-state index is 11.2. The smallest absolute Gasteiger partial charge is 0.328 e. The first-order chi connectivity index (χ1) is 6.52. The molecule has 0 aromatic heterocycles. The molecule has 0 saturated heterocycles. The highest BCUT2D eigenvalue weighted by molar-refractivity contribution is 7.99. The van der Waals surface area contributed by atoms with Gasteiger partial charge in [-0.2, -0.15) is 11.8 Å². The van der Waals surface area contributed by atoms with E-state index in [0.29, 0.717) is 5.75 Å². The summed E-state index contributed by atoms with van der Waals surface area (Å²) >= 11 is 1.42. The summed E-state index contributed by atoms with van der Waals surface area (Å²) in [4.78, 5) is 22.5. The molecule has 0 radical (unpaired) electrons. The lowest BCUT2D eigenvalue weighted by Crippen LogP contribution is -2.45. The van der Waals surface area contributed by atoms with Gasteiger partial charge in [0, 0.05) is 0 Å². The zero-order valence-corrected chi connectivity index (χ0v) is 9.81. The molecule has 1 N–H and O–H groups in total. The number of rotatable bonds is 5. The first-order valence-electron chi connectivity index (χ1n) is 4.39. The Morgan fingerprint density at radius 2 is 2.00 bits per heavy atom. The predicted octanol–water partition coefficient (Wildman–Crippen LogP) is 0.663. The van der Waals surface area contributed by atoms with Crippen LogP contribution in [-0.2, 0) is 14.3 Å². The van der Waals surface area contributed by atoms with Gasteiger partial charge in [-0.1, -0.05) is 13.8 Å². The van der Waals surface area contributed by atoms with Gasteiger partial charge in [-0.25, -0.2) is 4.79 Å². The fourth-order valence-electron chi connectivity index (χ4n) is 0.971. The van der Waals surface area contributed by atoms with E-state index in [2.05, 4.69) is 10.1 Å². The lowest BCUT2D eigenvalue weighted by atomic mass is 10.1.